The van der Waals surface area contributed by atoms with Gasteiger partial charge in [-0.25, -0.2) is 0 Å². The van der Waals surface area contributed by atoms with Crippen molar-refractivity contribution < 1.29 is 9.59 Å². The van der Waals surface area contributed by atoms with Crippen molar-refractivity contribution in [2.75, 3.05) is 5.32 Å². The molecule has 1 aliphatic rings. The number of amides is 2. The van der Waals surface area contributed by atoms with Gasteiger partial charge in [0, 0.05) is 18.7 Å². The Kier molecular flexibility index (Phi) is 4.42. The summed E-state index contributed by atoms with van der Waals surface area (Å²) in [5.41, 5.74) is 1.80. The van der Waals surface area contributed by atoms with Crippen LogP contribution in [0.4, 0.5) is 5.69 Å². The van der Waals surface area contributed by atoms with Crippen LogP contribution in [0.1, 0.15) is 39.2 Å². The van der Waals surface area contributed by atoms with Gasteiger partial charge in [-0.2, -0.15) is 0 Å². The van der Waals surface area contributed by atoms with Crippen molar-refractivity contribution in [3.05, 3.63) is 29.8 Å². The fourth-order valence-electron chi connectivity index (χ4n) is 2.34. The van der Waals surface area contributed by atoms with Crippen molar-refractivity contribution in [3.63, 3.8) is 0 Å². The van der Waals surface area contributed by atoms with Crippen molar-refractivity contribution in [1.29, 1.82) is 0 Å². The summed E-state index contributed by atoms with van der Waals surface area (Å²) < 4.78 is 0. The van der Waals surface area contributed by atoms with Gasteiger partial charge in [0.05, 0.1) is 0 Å². The number of nitrogens with zero attached hydrogens (tertiary/aromatic N) is 1. The molecule has 1 aliphatic heterocycles. The lowest BCUT2D eigenvalue weighted by atomic mass is 10.1. The molecule has 1 N–H and O–H groups in total. The van der Waals surface area contributed by atoms with Crippen LogP contribution >= 0.6 is 0 Å². The summed E-state index contributed by atoms with van der Waals surface area (Å²) in [6, 6.07) is 7.22. The number of carbonyl (C=O) groups excluding carboxylic acids is 2. The van der Waals surface area contributed by atoms with Gasteiger partial charge in [-0.05, 0) is 30.9 Å². The van der Waals surface area contributed by atoms with Crippen LogP contribution in [0, 0.1) is 5.92 Å². The summed E-state index contributed by atoms with van der Waals surface area (Å²) in [4.78, 5) is 26.2. The van der Waals surface area contributed by atoms with Crippen LogP contribution in [-0.4, -0.2) is 22.8 Å². The maximum absolute atomic E-state index is 12.4. The van der Waals surface area contributed by atoms with Gasteiger partial charge in [-0.3, -0.25) is 9.59 Å². The number of fused-ring (bicyclic) bond motifs is 1. The van der Waals surface area contributed by atoms with Gasteiger partial charge in [0.2, 0.25) is 11.8 Å². The lowest BCUT2D eigenvalue weighted by Gasteiger charge is -2.26. The third-order valence-corrected chi connectivity index (χ3v) is 3.72. The fourth-order valence-corrected chi connectivity index (χ4v) is 2.34. The molecule has 1 aromatic rings. The highest BCUT2D eigenvalue weighted by Crippen LogP contribution is 2.23. The van der Waals surface area contributed by atoms with Gasteiger partial charge < -0.3 is 10.2 Å². The van der Waals surface area contributed by atoms with Gasteiger partial charge in [0.1, 0.15) is 6.04 Å². The molecule has 1 heterocycles. The first-order valence-electron chi connectivity index (χ1n) is 7.17. The summed E-state index contributed by atoms with van der Waals surface area (Å²) in [5.74, 6) is 0.424. The number of anilines is 1. The predicted octanol–water partition coefficient (Wildman–Crippen LogP) is 2.79. The standard InChI is InChI=1S/C16H22N2O2/c1-11(2)8-9-15(19)18-10-13-6-4-5-7-14(13)17-16(20)12(18)3/h4-7,11-12H,8-10H2,1-3H3,(H,17,20). The normalized spacial score (nSPS) is 18.5. The van der Waals surface area contributed by atoms with E-state index in [1.165, 1.54) is 0 Å². The summed E-state index contributed by atoms with van der Waals surface area (Å²) in [7, 11) is 0. The summed E-state index contributed by atoms with van der Waals surface area (Å²) in [5, 5.41) is 2.89. The monoisotopic (exact) mass is 274 g/mol. The van der Waals surface area contributed by atoms with Crippen LogP contribution in [0.25, 0.3) is 0 Å². The van der Waals surface area contributed by atoms with E-state index in [2.05, 4.69) is 19.2 Å². The molecule has 0 aromatic heterocycles. The van der Waals surface area contributed by atoms with E-state index in [1.54, 1.807) is 11.8 Å². The highest BCUT2D eigenvalue weighted by molar-refractivity contribution is 5.98. The van der Waals surface area contributed by atoms with Crippen molar-refractivity contribution in [2.24, 2.45) is 5.92 Å². The zero-order chi connectivity index (χ0) is 14.7. The molecule has 0 fully saturated rings. The maximum atomic E-state index is 12.4. The van der Waals surface area contributed by atoms with Crippen molar-refractivity contribution in [1.82, 2.24) is 4.90 Å². The number of nitrogens with one attached hydrogen (secondary N) is 1. The van der Waals surface area contributed by atoms with Crippen molar-refractivity contribution >= 4 is 17.5 Å². The molecule has 2 rings (SSSR count). The number of hydrogen-bond donors (Lipinski definition) is 1. The molecule has 20 heavy (non-hydrogen) atoms. The molecule has 1 aromatic carbocycles. The summed E-state index contributed by atoms with van der Waals surface area (Å²) in [6.45, 7) is 6.48. The second-order valence-electron chi connectivity index (χ2n) is 5.78. The zero-order valence-corrected chi connectivity index (χ0v) is 12.3. The Hall–Kier alpha value is -1.84. The maximum Gasteiger partial charge on any atom is 0.246 e. The molecule has 1 atom stereocenters. The second kappa shape index (κ2) is 6.07. The first kappa shape index (κ1) is 14.6. The van der Waals surface area contributed by atoms with E-state index in [1.807, 2.05) is 24.3 Å². The van der Waals surface area contributed by atoms with Crippen molar-refractivity contribution in [3.8, 4) is 0 Å². The molecule has 0 saturated heterocycles. The van der Waals surface area contributed by atoms with Gasteiger partial charge in [0.15, 0.2) is 0 Å². The van der Waals surface area contributed by atoms with Crippen LogP contribution in [0.3, 0.4) is 0 Å². The Morgan fingerprint density at radius 2 is 2.10 bits per heavy atom. The van der Waals surface area contributed by atoms with Crippen LogP contribution in [-0.2, 0) is 16.1 Å². The van der Waals surface area contributed by atoms with E-state index in [9.17, 15) is 9.59 Å². The van der Waals surface area contributed by atoms with Crippen LogP contribution in [0.5, 0.6) is 0 Å². The smallest absolute Gasteiger partial charge is 0.246 e. The molecule has 0 radical (unpaired) electrons. The Morgan fingerprint density at radius 3 is 2.80 bits per heavy atom. The molecule has 4 nitrogen and oxygen atoms in total. The number of benzene rings is 1. The topological polar surface area (TPSA) is 49.4 Å². The van der Waals surface area contributed by atoms with Crippen LogP contribution in [0.15, 0.2) is 24.3 Å². The second-order valence-corrected chi connectivity index (χ2v) is 5.78. The van der Waals surface area contributed by atoms with E-state index in [0.717, 1.165) is 17.7 Å². The van der Waals surface area contributed by atoms with Gasteiger partial charge in [0.25, 0.3) is 0 Å². The lowest BCUT2D eigenvalue weighted by molar-refractivity contribution is -0.138. The van der Waals surface area contributed by atoms with E-state index in [-0.39, 0.29) is 11.8 Å². The third kappa shape index (κ3) is 3.18. The molecule has 0 spiro atoms. The number of carbonyl (C=O) groups is 2. The number of hydrogen-bond acceptors (Lipinski definition) is 2. The Morgan fingerprint density at radius 1 is 1.40 bits per heavy atom. The summed E-state index contributed by atoms with van der Waals surface area (Å²) >= 11 is 0. The van der Waals surface area contributed by atoms with Gasteiger partial charge >= 0.3 is 0 Å². The predicted molar refractivity (Wildman–Crippen MR) is 79.2 cm³/mol. The highest BCUT2D eigenvalue weighted by atomic mass is 16.2. The molecule has 0 bridgehead atoms. The molecular weight excluding hydrogens is 252 g/mol. The molecule has 1 unspecified atom stereocenters. The molecule has 108 valence electrons. The minimum Gasteiger partial charge on any atom is -0.327 e. The van der Waals surface area contributed by atoms with E-state index < -0.39 is 6.04 Å². The average Bonchev–Trinajstić information content (AvgIpc) is 2.54. The quantitative estimate of drug-likeness (QED) is 0.921. The zero-order valence-electron chi connectivity index (χ0n) is 12.3. The molecule has 0 saturated carbocycles. The van der Waals surface area contributed by atoms with Gasteiger partial charge in [-0.1, -0.05) is 32.0 Å². The minimum atomic E-state index is -0.429. The SMILES string of the molecule is CC(C)CCC(=O)N1Cc2ccccc2NC(=O)C1C. The van der Waals surface area contributed by atoms with Crippen LogP contribution in [0.2, 0.25) is 0 Å². The van der Waals surface area contributed by atoms with E-state index in [4.69, 9.17) is 0 Å². The molecule has 2 amide bonds. The fraction of sp³-hybridized carbons (Fsp3) is 0.500. The Bertz CT molecular complexity index is 511. The number of para-hydroxylation sites is 1. The lowest BCUT2D eigenvalue weighted by Crippen LogP contribution is -2.43. The van der Waals surface area contributed by atoms with Crippen LogP contribution < -0.4 is 5.32 Å². The Labute approximate surface area is 120 Å². The highest BCUT2D eigenvalue weighted by Gasteiger charge is 2.29. The molecule has 4 heteroatoms. The minimum absolute atomic E-state index is 0.0538. The molecule has 0 aliphatic carbocycles. The first-order valence-corrected chi connectivity index (χ1v) is 7.17. The first-order chi connectivity index (χ1) is 9.49. The largest absolute Gasteiger partial charge is 0.327 e. The van der Waals surface area contributed by atoms with E-state index in [0.29, 0.717) is 18.9 Å². The van der Waals surface area contributed by atoms with Crippen molar-refractivity contribution in [2.45, 2.75) is 46.2 Å². The van der Waals surface area contributed by atoms with Gasteiger partial charge in [-0.15, -0.1) is 0 Å². The number of rotatable bonds is 3. The third-order valence-electron chi connectivity index (χ3n) is 3.72. The Balaban J connectivity index is 2.19. The molecular formula is C16H22N2O2. The van der Waals surface area contributed by atoms with E-state index >= 15 is 0 Å². The summed E-state index contributed by atoms with van der Waals surface area (Å²) in [6.07, 6.45) is 1.35. The average molecular weight is 274 g/mol.